The summed E-state index contributed by atoms with van der Waals surface area (Å²) in [6.45, 7) is 1.32. The van der Waals surface area contributed by atoms with Crippen LogP contribution >= 0.6 is 0 Å². The summed E-state index contributed by atoms with van der Waals surface area (Å²) in [5, 5.41) is 38.8. The zero-order chi connectivity index (χ0) is 27.4. The van der Waals surface area contributed by atoms with E-state index < -0.39 is 46.2 Å². The minimum Gasteiger partial charge on any atom is -0.504 e. The van der Waals surface area contributed by atoms with E-state index in [1.165, 1.54) is 6.92 Å². The van der Waals surface area contributed by atoms with Crippen molar-refractivity contribution in [3.63, 3.8) is 0 Å². The molecule has 4 N–H and O–H groups in total. The minimum atomic E-state index is -0.723. The van der Waals surface area contributed by atoms with Gasteiger partial charge in [-0.2, -0.15) is 0 Å². The van der Waals surface area contributed by atoms with E-state index in [2.05, 4.69) is 12.2 Å². The number of unbranched alkanes of at least 4 members (excludes halogenated alkanes) is 10. The van der Waals surface area contributed by atoms with E-state index in [0.717, 1.165) is 70.3 Å². The molecule has 8 heteroatoms. The first-order chi connectivity index (χ1) is 17.7. The number of carbonyl (C=O) groups excluding carboxylic acids is 4. The van der Waals surface area contributed by atoms with Gasteiger partial charge in [0, 0.05) is 22.8 Å². The summed E-state index contributed by atoms with van der Waals surface area (Å²) in [7, 11) is 0. The monoisotopic (exact) mass is 514 g/mol. The van der Waals surface area contributed by atoms with Crippen LogP contribution < -0.4 is 0 Å². The van der Waals surface area contributed by atoms with Crippen molar-refractivity contribution in [1.29, 1.82) is 0 Å². The number of hydrogen-bond donors (Lipinski definition) is 4. The Labute approximate surface area is 217 Å². The van der Waals surface area contributed by atoms with Gasteiger partial charge in [-0.05, 0) is 58.3 Å². The lowest BCUT2D eigenvalue weighted by Crippen LogP contribution is -2.22. The summed E-state index contributed by atoms with van der Waals surface area (Å²) < 4.78 is 0. The van der Waals surface area contributed by atoms with Crippen LogP contribution in [0.15, 0.2) is 58.0 Å². The van der Waals surface area contributed by atoms with Crippen molar-refractivity contribution in [3.8, 4) is 0 Å². The highest BCUT2D eigenvalue weighted by Crippen LogP contribution is 2.26. The lowest BCUT2D eigenvalue weighted by atomic mass is 9.91. The van der Waals surface area contributed by atoms with Gasteiger partial charge in [0.15, 0.2) is 23.0 Å². The molecule has 0 radical (unpaired) electrons. The molecular weight excluding hydrogens is 476 g/mol. The topological polar surface area (TPSA) is 149 Å². The van der Waals surface area contributed by atoms with Crippen LogP contribution in [0.3, 0.4) is 0 Å². The number of ketones is 4. The fraction of sp³-hybridized carbons (Fsp3) is 0.517. The fourth-order valence-electron chi connectivity index (χ4n) is 4.40. The van der Waals surface area contributed by atoms with Gasteiger partial charge in [0.05, 0.1) is 0 Å². The average molecular weight is 515 g/mol. The standard InChI is InChI=1S/C29H38O8/c1-19-24(32)28(36)21(29(37)25(19)33)17-15-13-11-9-7-5-3-2-4-6-8-10-12-14-16-20-26(34)22(30)18-23(31)27(20)35/h2-3,18,30,32,35,37H,4-17H2,1H3/b3-2-. The molecule has 0 saturated heterocycles. The van der Waals surface area contributed by atoms with Crippen molar-refractivity contribution in [2.75, 3.05) is 0 Å². The molecule has 8 nitrogen and oxygen atoms in total. The Bertz CT molecular complexity index is 1050. The number of aliphatic hydroxyl groups is 4. The van der Waals surface area contributed by atoms with Gasteiger partial charge in [-0.3, -0.25) is 19.2 Å². The molecular formula is C29H38O8. The Morgan fingerprint density at radius 3 is 1.57 bits per heavy atom. The number of Topliss-reactive ketones (excluding diaryl/α,β-unsaturated/α-hetero) is 3. The van der Waals surface area contributed by atoms with Crippen LogP contribution in [0.4, 0.5) is 0 Å². The van der Waals surface area contributed by atoms with Crippen molar-refractivity contribution in [2.24, 2.45) is 0 Å². The SMILES string of the molecule is CC1=C(O)C(=O)C(CCCCCCC/C=C\CCCCCCCC2=C(O)C(=O)C=C(O)C2=O)=C(O)C1=O. The van der Waals surface area contributed by atoms with E-state index in [9.17, 15) is 39.6 Å². The molecule has 0 atom stereocenters. The second-order valence-electron chi connectivity index (χ2n) is 9.59. The smallest absolute Gasteiger partial charge is 0.227 e. The Morgan fingerprint density at radius 1 is 0.568 bits per heavy atom. The largest absolute Gasteiger partial charge is 0.504 e. The lowest BCUT2D eigenvalue weighted by molar-refractivity contribution is -0.120. The van der Waals surface area contributed by atoms with E-state index in [0.29, 0.717) is 12.8 Å². The molecule has 0 aromatic carbocycles. The average Bonchev–Trinajstić information content (AvgIpc) is 2.88. The Hall–Kier alpha value is -3.42. The first-order valence-corrected chi connectivity index (χ1v) is 13.1. The number of hydrogen-bond acceptors (Lipinski definition) is 8. The van der Waals surface area contributed by atoms with Gasteiger partial charge in [0.25, 0.3) is 0 Å². The van der Waals surface area contributed by atoms with Crippen LogP contribution in [0.25, 0.3) is 0 Å². The van der Waals surface area contributed by atoms with Crippen LogP contribution in [0.2, 0.25) is 0 Å². The molecule has 0 aromatic heterocycles. The number of carbonyl (C=O) groups is 4. The summed E-state index contributed by atoms with van der Waals surface area (Å²) in [5.41, 5.74) is -0.0856. The molecule has 0 fully saturated rings. The third kappa shape index (κ3) is 8.58. The van der Waals surface area contributed by atoms with Crippen LogP contribution in [-0.2, 0) is 19.2 Å². The molecule has 37 heavy (non-hydrogen) atoms. The molecule has 0 unspecified atom stereocenters. The van der Waals surface area contributed by atoms with Crippen LogP contribution in [0, 0.1) is 0 Å². The van der Waals surface area contributed by atoms with Crippen molar-refractivity contribution in [3.05, 3.63) is 58.0 Å². The van der Waals surface area contributed by atoms with E-state index in [-0.39, 0.29) is 29.6 Å². The van der Waals surface area contributed by atoms with E-state index in [1.807, 2.05) is 0 Å². The quantitative estimate of drug-likeness (QED) is 0.108. The minimum absolute atomic E-state index is 0.00761. The van der Waals surface area contributed by atoms with Gasteiger partial charge in [0.2, 0.25) is 23.1 Å². The molecule has 202 valence electrons. The zero-order valence-electron chi connectivity index (χ0n) is 21.6. The third-order valence-corrected chi connectivity index (χ3v) is 6.74. The lowest BCUT2D eigenvalue weighted by Gasteiger charge is -2.15. The number of allylic oxidation sites excluding steroid dienone is 6. The predicted molar refractivity (Wildman–Crippen MR) is 139 cm³/mol. The predicted octanol–water partition coefficient (Wildman–Crippen LogP) is 6.21. The maximum absolute atomic E-state index is 12.0. The van der Waals surface area contributed by atoms with Crippen molar-refractivity contribution < 1.29 is 39.6 Å². The van der Waals surface area contributed by atoms with Gasteiger partial charge in [-0.1, -0.05) is 50.7 Å². The van der Waals surface area contributed by atoms with Gasteiger partial charge in [-0.25, -0.2) is 0 Å². The Kier molecular flexibility index (Phi) is 12.1. The molecule has 0 heterocycles. The summed E-state index contributed by atoms with van der Waals surface area (Å²) >= 11 is 0. The van der Waals surface area contributed by atoms with E-state index in [4.69, 9.17) is 0 Å². The van der Waals surface area contributed by atoms with E-state index >= 15 is 0 Å². The first-order valence-electron chi connectivity index (χ1n) is 13.1. The van der Waals surface area contributed by atoms with Crippen molar-refractivity contribution in [2.45, 2.75) is 96.8 Å². The maximum Gasteiger partial charge on any atom is 0.227 e. The van der Waals surface area contributed by atoms with Crippen LogP contribution in [0.5, 0.6) is 0 Å². The second-order valence-corrected chi connectivity index (χ2v) is 9.59. The molecule has 0 aromatic rings. The first kappa shape index (κ1) is 29.8. The highest BCUT2D eigenvalue weighted by Gasteiger charge is 2.32. The third-order valence-electron chi connectivity index (χ3n) is 6.74. The van der Waals surface area contributed by atoms with Gasteiger partial charge >= 0.3 is 0 Å². The second kappa shape index (κ2) is 15.0. The Morgan fingerprint density at radius 2 is 1.03 bits per heavy atom. The summed E-state index contributed by atoms with van der Waals surface area (Å²) in [6, 6.07) is 0. The normalized spacial score (nSPS) is 17.1. The highest BCUT2D eigenvalue weighted by molar-refractivity contribution is 6.23. The number of rotatable bonds is 16. The van der Waals surface area contributed by atoms with Gasteiger partial charge < -0.3 is 20.4 Å². The van der Waals surface area contributed by atoms with Crippen molar-refractivity contribution >= 4 is 23.1 Å². The van der Waals surface area contributed by atoms with Crippen LogP contribution in [0.1, 0.15) is 96.8 Å². The highest BCUT2D eigenvalue weighted by atomic mass is 16.3. The fourth-order valence-corrected chi connectivity index (χ4v) is 4.40. The molecule has 0 spiro atoms. The molecule has 0 amide bonds. The summed E-state index contributed by atoms with van der Waals surface area (Å²) in [5.74, 6) is -4.96. The zero-order valence-corrected chi connectivity index (χ0v) is 21.6. The molecule has 2 rings (SSSR count). The van der Waals surface area contributed by atoms with Gasteiger partial charge in [0.1, 0.15) is 0 Å². The van der Waals surface area contributed by atoms with Crippen LogP contribution in [-0.4, -0.2) is 43.6 Å². The summed E-state index contributed by atoms with van der Waals surface area (Å²) in [6.07, 6.45) is 17.1. The molecule has 2 aliphatic carbocycles. The molecule has 0 saturated carbocycles. The number of aliphatic hydroxyl groups excluding tert-OH is 4. The molecule has 2 aliphatic rings. The maximum atomic E-state index is 12.0. The summed E-state index contributed by atoms with van der Waals surface area (Å²) in [4.78, 5) is 47.2. The van der Waals surface area contributed by atoms with Gasteiger partial charge in [-0.15, -0.1) is 0 Å². The van der Waals surface area contributed by atoms with Crippen molar-refractivity contribution in [1.82, 2.24) is 0 Å². The van der Waals surface area contributed by atoms with E-state index in [1.54, 1.807) is 0 Å². The Balaban J connectivity index is 1.45. The molecule has 0 bridgehead atoms. The molecule has 0 aliphatic heterocycles.